The van der Waals surface area contributed by atoms with Crippen molar-refractivity contribution in [2.24, 2.45) is 5.41 Å². The quantitative estimate of drug-likeness (QED) is 0.940. The molecule has 3 rings (SSSR count). The lowest BCUT2D eigenvalue weighted by molar-refractivity contribution is -0.124. The topological polar surface area (TPSA) is 42.0 Å². The van der Waals surface area contributed by atoms with Gasteiger partial charge < -0.3 is 5.32 Å². The lowest BCUT2D eigenvalue weighted by Crippen LogP contribution is -2.36. The zero-order chi connectivity index (χ0) is 13.5. The molecule has 1 atom stereocenters. The van der Waals surface area contributed by atoms with Gasteiger partial charge in [0.1, 0.15) is 0 Å². The van der Waals surface area contributed by atoms with Crippen LogP contribution in [0.15, 0.2) is 28.4 Å². The van der Waals surface area contributed by atoms with Crippen LogP contribution in [0.1, 0.15) is 30.8 Å². The van der Waals surface area contributed by atoms with Crippen molar-refractivity contribution in [3.63, 3.8) is 0 Å². The van der Waals surface area contributed by atoms with Crippen molar-refractivity contribution in [2.45, 2.75) is 32.2 Å². The first-order valence-corrected chi connectivity index (χ1v) is 8.08. The SMILES string of the molecule is CC1(C)C[C@@]1(C(=O)NCc1cscn1)c1cccs1. The monoisotopic (exact) mass is 292 g/mol. The third-order valence-corrected chi connectivity index (χ3v) is 5.65. The Bertz CT molecular complexity index is 575. The zero-order valence-corrected chi connectivity index (χ0v) is 12.6. The molecule has 3 nitrogen and oxygen atoms in total. The number of rotatable bonds is 4. The number of nitrogens with zero attached hydrogens (tertiary/aromatic N) is 1. The molecule has 1 N–H and O–H groups in total. The predicted molar refractivity (Wildman–Crippen MR) is 78.4 cm³/mol. The number of hydrogen-bond donors (Lipinski definition) is 1. The van der Waals surface area contributed by atoms with Crippen LogP contribution in [0.2, 0.25) is 0 Å². The fourth-order valence-electron chi connectivity index (χ4n) is 2.71. The van der Waals surface area contributed by atoms with E-state index in [0.29, 0.717) is 6.54 Å². The normalized spacial score (nSPS) is 24.1. The standard InChI is InChI=1S/C14H16N2OS2/c1-13(2)8-14(13,11-4-3-5-19-11)12(17)15-6-10-7-18-9-16-10/h3-5,7,9H,6,8H2,1-2H3,(H,15,17)/t14-/m0/s1. The highest BCUT2D eigenvalue weighted by molar-refractivity contribution is 7.10. The summed E-state index contributed by atoms with van der Waals surface area (Å²) in [6.45, 7) is 4.84. The highest BCUT2D eigenvalue weighted by Gasteiger charge is 2.67. The molecule has 0 aliphatic heterocycles. The summed E-state index contributed by atoms with van der Waals surface area (Å²) in [6, 6.07) is 4.09. The van der Waals surface area contributed by atoms with E-state index < -0.39 is 0 Å². The molecule has 5 heteroatoms. The number of nitrogens with one attached hydrogen (secondary N) is 1. The van der Waals surface area contributed by atoms with Gasteiger partial charge >= 0.3 is 0 Å². The smallest absolute Gasteiger partial charge is 0.232 e. The van der Waals surface area contributed by atoms with Gasteiger partial charge in [-0.2, -0.15) is 0 Å². The largest absolute Gasteiger partial charge is 0.350 e. The van der Waals surface area contributed by atoms with Crippen molar-refractivity contribution in [3.05, 3.63) is 39.0 Å². The van der Waals surface area contributed by atoms with E-state index in [9.17, 15) is 4.79 Å². The Morgan fingerprint density at radius 1 is 1.53 bits per heavy atom. The van der Waals surface area contributed by atoms with Crippen molar-refractivity contribution in [2.75, 3.05) is 0 Å². The zero-order valence-electron chi connectivity index (χ0n) is 11.0. The Morgan fingerprint density at radius 2 is 2.32 bits per heavy atom. The first-order chi connectivity index (χ1) is 9.06. The van der Waals surface area contributed by atoms with Crippen LogP contribution in [0.25, 0.3) is 0 Å². The molecule has 0 saturated heterocycles. The van der Waals surface area contributed by atoms with Gasteiger partial charge in [0.2, 0.25) is 5.91 Å². The minimum atomic E-state index is -0.336. The van der Waals surface area contributed by atoms with E-state index in [0.717, 1.165) is 12.1 Å². The predicted octanol–water partition coefficient (Wildman–Crippen LogP) is 3.19. The van der Waals surface area contributed by atoms with Crippen LogP contribution >= 0.6 is 22.7 Å². The van der Waals surface area contributed by atoms with Crippen LogP contribution in [0.4, 0.5) is 0 Å². The summed E-state index contributed by atoms with van der Waals surface area (Å²) >= 11 is 3.22. The number of amides is 1. The van der Waals surface area contributed by atoms with Crippen LogP contribution in [0.3, 0.4) is 0 Å². The summed E-state index contributed by atoms with van der Waals surface area (Å²) in [5, 5.41) is 7.05. The van der Waals surface area contributed by atoms with Gasteiger partial charge in [-0.3, -0.25) is 4.79 Å². The third kappa shape index (κ3) is 2.01. The van der Waals surface area contributed by atoms with Gasteiger partial charge in [0.15, 0.2) is 0 Å². The average molecular weight is 292 g/mol. The lowest BCUT2D eigenvalue weighted by Gasteiger charge is -2.18. The molecule has 2 aromatic heterocycles. The van der Waals surface area contributed by atoms with E-state index in [-0.39, 0.29) is 16.7 Å². The Kier molecular flexibility index (Phi) is 2.98. The molecule has 1 saturated carbocycles. The molecule has 1 fully saturated rings. The first kappa shape index (κ1) is 12.8. The number of carbonyl (C=O) groups excluding carboxylic acids is 1. The van der Waals surface area contributed by atoms with Gasteiger partial charge in [0, 0.05) is 10.3 Å². The summed E-state index contributed by atoms with van der Waals surface area (Å²) in [7, 11) is 0. The molecule has 2 aromatic rings. The maximum Gasteiger partial charge on any atom is 0.232 e. The molecule has 0 radical (unpaired) electrons. The van der Waals surface area contributed by atoms with E-state index in [1.165, 1.54) is 4.88 Å². The fraction of sp³-hybridized carbons (Fsp3) is 0.429. The highest BCUT2D eigenvalue weighted by Crippen LogP contribution is 2.65. The number of thiophene rings is 1. The summed E-state index contributed by atoms with van der Waals surface area (Å²) < 4.78 is 0. The van der Waals surface area contributed by atoms with Gasteiger partial charge in [-0.25, -0.2) is 4.98 Å². The second-order valence-corrected chi connectivity index (χ2v) is 7.27. The molecule has 1 amide bonds. The maximum absolute atomic E-state index is 12.6. The number of carbonyl (C=O) groups is 1. The van der Waals surface area contributed by atoms with Crippen molar-refractivity contribution < 1.29 is 4.79 Å². The van der Waals surface area contributed by atoms with Crippen molar-refractivity contribution in [1.82, 2.24) is 10.3 Å². The third-order valence-electron chi connectivity index (χ3n) is 3.98. The van der Waals surface area contributed by atoms with E-state index in [2.05, 4.69) is 30.2 Å². The van der Waals surface area contributed by atoms with Gasteiger partial charge in [0.25, 0.3) is 0 Å². The maximum atomic E-state index is 12.6. The van der Waals surface area contributed by atoms with Crippen LogP contribution in [0, 0.1) is 5.41 Å². The van der Waals surface area contributed by atoms with Gasteiger partial charge in [-0.15, -0.1) is 22.7 Å². The van der Waals surface area contributed by atoms with Crippen LogP contribution in [0.5, 0.6) is 0 Å². The molecule has 100 valence electrons. The molecular formula is C14H16N2OS2. The molecule has 0 unspecified atom stereocenters. The van der Waals surface area contributed by atoms with Gasteiger partial charge in [0.05, 0.1) is 23.2 Å². The van der Waals surface area contributed by atoms with Crippen LogP contribution < -0.4 is 5.32 Å². The number of hydrogen-bond acceptors (Lipinski definition) is 4. The molecule has 0 bridgehead atoms. The Hall–Kier alpha value is -1.20. The molecular weight excluding hydrogens is 276 g/mol. The minimum Gasteiger partial charge on any atom is -0.350 e. The summed E-state index contributed by atoms with van der Waals surface area (Å²) in [5.41, 5.74) is 2.43. The molecule has 1 aliphatic rings. The molecule has 0 spiro atoms. The summed E-state index contributed by atoms with van der Waals surface area (Å²) in [6.07, 6.45) is 0.920. The van der Waals surface area contributed by atoms with E-state index in [1.807, 2.05) is 16.8 Å². The molecule has 2 heterocycles. The van der Waals surface area contributed by atoms with Gasteiger partial charge in [-0.1, -0.05) is 19.9 Å². The van der Waals surface area contributed by atoms with E-state index in [1.54, 1.807) is 28.2 Å². The second kappa shape index (κ2) is 4.42. The second-order valence-electron chi connectivity index (χ2n) is 5.61. The van der Waals surface area contributed by atoms with Crippen molar-refractivity contribution >= 4 is 28.6 Å². The average Bonchev–Trinajstić information content (AvgIpc) is 2.91. The lowest BCUT2D eigenvalue weighted by atomic mass is 9.93. The van der Waals surface area contributed by atoms with Crippen LogP contribution in [-0.2, 0) is 16.8 Å². The summed E-state index contributed by atoms with van der Waals surface area (Å²) in [5.74, 6) is 0.132. The molecule has 19 heavy (non-hydrogen) atoms. The fourth-order valence-corrected chi connectivity index (χ4v) is 4.37. The Labute approximate surface area is 120 Å². The number of thiazole rings is 1. The van der Waals surface area contributed by atoms with Crippen molar-refractivity contribution in [1.29, 1.82) is 0 Å². The summed E-state index contributed by atoms with van der Waals surface area (Å²) in [4.78, 5) is 18.0. The van der Waals surface area contributed by atoms with Crippen molar-refractivity contribution in [3.8, 4) is 0 Å². The Morgan fingerprint density at radius 3 is 2.84 bits per heavy atom. The molecule has 1 aliphatic carbocycles. The van der Waals surface area contributed by atoms with E-state index in [4.69, 9.17) is 0 Å². The number of aromatic nitrogens is 1. The molecule has 0 aromatic carbocycles. The van der Waals surface area contributed by atoms with E-state index >= 15 is 0 Å². The first-order valence-electron chi connectivity index (χ1n) is 6.26. The van der Waals surface area contributed by atoms with Crippen LogP contribution in [-0.4, -0.2) is 10.9 Å². The minimum absolute atomic E-state index is 0.0456. The Balaban J connectivity index is 1.77. The highest BCUT2D eigenvalue weighted by atomic mass is 32.1. The van der Waals surface area contributed by atoms with Gasteiger partial charge in [-0.05, 0) is 23.3 Å².